The molecule has 0 heterocycles. The molecule has 1 rings (SSSR count). The summed E-state index contributed by atoms with van der Waals surface area (Å²) in [6.07, 6.45) is 6.77. The average Bonchev–Trinajstić information content (AvgIpc) is 3.19. The number of alkyl carbamates (subject to hydrolysis) is 1. The Balaban J connectivity index is 2.33. The van der Waals surface area contributed by atoms with Crippen LogP contribution in [-0.4, -0.2) is 42.3 Å². The maximum atomic E-state index is 11.8. The Labute approximate surface area is 134 Å². The molecular formula is C16H32N2O2S. The van der Waals surface area contributed by atoms with E-state index in [2.05, 4.69) is 23.8 Å². The fourth-order valence-electron chi connectivity index (χ4n) is 2.39. The van der Waals surface area contributed by atoms with Gasteiger partial charge in [-0.15, -0.1) is 0 Å². The van der Waals surface area contributed by atoms with E-state index >= 15 is 0 Å². The van der Waals surface area contributed by atoms with E-state index in [-0.39, 0.29) is 11.6 Å². The summed E-state index contributed by atoms with van der Waals surface area (Å²) in [4.78, 5) is 11.8. The number of unbranched alkanes of at least 4 members (excludes halogenated alkanes) is 1. The number of rotatable bonds is 9. The van der Waals surface area contributed by atoms with Crippen molar-refractivity contribution in [2.24, 2.45) is 5.92 Å². The molecule has 0 aliphatic heterocycles. The topological polar surface area (TPSA) is 50.4 Å². The minimum absolute atomic E-state index is 0.00371. The first-order chi connectivity index (χ1) is 9.77. The quantitative estimate of drug-likeness (QED) is 0.640. The summed E-state index contributed by atoms with van der Waals surface area (Å²) in [5.74, 6) is 1.89. The minimum Gasteiger partial charge on any atom is -0.444 e. The standard InChI is InChI=1S/C16H32N2O2S/c1-15(2,3)20-14(19)17-12-16(4,13-8-9-13)18-10-6-7-11-21-5/h13,18H,6-12H2,1-5H3,(H,17,19). The molecule has 1 atom stereocenters. The van der Waals surface area contributed by atoms with Gasteiger partial charge in [0.25, 0.3) is 0 Å². The molecule has 1 saturated carbocycles. The molecule has 0 radical (unpaired) electrons. The van der Waals surface area contributed by atoms with Crippen molar-refractivity contribution in [3.05, 3.63) is 0 Å². The van der Waals surface area contributed by atoms with Gasteiger partial charge in [0.1, 0.15) is 5.60 Å². The molecule has 0 aromatic carbocycles. The van der Waals surface area contributed by atoms with E-state index in [1.165, 1.54) is 31.4 Å². The molecule has 1 aliphatic carbocycles. The Morgan fingerprint density at radius 1 is 1.24 bits per heavy atom. The summed E-state index contributed by atoms with van der Waals surface area (Å²) in [6, 6.07) is 0. The van der Waals surface area contributed by atoms with Gasteiger partial charge in [-0.1, -0.05) is 0 Å². The van der Waals surface area contributed by atoms with Crippen LogP contribution in [0.25, 0.3) is 0 Å². The van der Waals surface area contributed by atoms with Crippen LogP contribution in [0.3, 0.4) is 0 Å². The van der Waals surface area contributed by atoms with Crippen LogP contribution in [0.2, 0.25) is 0 Å². The highest BCUT2D eigenvalue weighted by Crippen LogP contribution is 2.39. The van der Waals surface area contributed by atoms with E-state index in [1.54, 1.807) is 0 Å². The van der Waals surface area contributed by atoms with Gasteiger partial charge in [0.15, 0.2) is 0 Å². The van der Waals surface area contributed by atoms with Crippen LogP contribution in [-0.2, 0) is 4.74 Å². The van der Waals surface area contributed by atoms with Gasteiger partial charge >= 0.3 is 6.09 Å². The van der Waals surface area contributed by atoms with Crippen molar-refractivity contribution in [3.8, 4) is 0 Å². The SMILES string of the molecule is CSCCCCNC(C)(CNC(=O)OC(C)(C)C)C1CC1. The molecule has 21 heavy (non-hydrogen) atoms. The summed E-state index contributed by atoms with van der Waals surface area (Å²) in [5, 5.41) is 6.58. The second kappa shape index (κ2) is 8.28. The van der Waals surface area contributed by atoms with Gasteiger partial charge in [-0.2, -0.15) is 11.8 Å². The summed E-state index contributed by atoms with van der Waals surface area (Å²) >= 11 is 1.90. The van der Waals surface area contributed by atoms with Crippen LogP contribution in [0, 0.1) is 5.92 Å². The van der Waals surface area contributed by atoms with E-state index in [0.29, 0.717) is 12.5 Å². The zero-order chi connectivity index (χ0) is 15.9. The third-order valence-corrected chi connectivity index (χ3v) is 4.48. The van der Waals surface area contributed by atoms with E-state index in [0.717, 1.165) is 6.54 Å². The number of carbonyl (C=O) groups is 1. The second-order valence-electron chi connectivity index (χ2n) is 7.17. The highest BCUT2D eigenvalue weighted by Gasteiger charge is 2.41. The van der Waals surface area contributed by atoms with E-state index in [4.69, 9.17) is 4.74 Å². The molecule has 0 spiro atoms. The maximum Gasteiger partial charge on any atom is 0.407 e. The number of hydrogen-bond donors (Lipinski definition) is 2. The van der Waals surface area contributed by atoms with Gasteiger partial charge in [-0.25, -0.2) is 4.79 Å². The molecule has 0 aromatic rings. The lowest BCUT2D eigenvalue weighted by Crippen LogP contribution is -2.53. The zero-order valence-corrected chi connectivity index (χ0v) is 15.1. The minimum atomic E-state index is -0.439. The Bertz CT molecular complexity index is 327. The predicted molar refractivity (Wildman–Crippen MR) is 91.0 cm³/mol. The van der Waals surface area contributed by atoms with E-state index < -0.39 is 5.60 Å². The molecule has 0 bridgehead atoms. The summed E-state index contributed by atoms with van der Waals surface area (Å²) < 4.78 is 5.31. The van der Waals surface area contributed by atoms with Gasteiger partial charge in [-0.3, -0.25) is 0 Å². The number of amides is 1. The second-order valence-corrected chi connectivity index (χ2v) is 8.16. The lowest BCUT2D eigenvalue weighted by Gasteiger charge is -2.32. The Kier molecular flexibility index (Phi) is 7.34. The van der Waals surface area contributed by atoms with Gasteiger partial charge in [0.05, 0.1) is 0 Å². The maximum absolute atomic E-state index is 11.8. The largest absolute Gasteiger partial charge is 0.444 e. The van der Waals surface area contributed by atoms with Crippen LogP contribution in [0.1, 0.15) is 53.4 Å². The van der Waals surface area contributed by atoms with Gasteiger partial charge < -0.3 is 15.4 Å². The van der Waals surface area contributed by atoms with Gasteiger partial charge in [-0.05, 0) is 77.8 Å². The first kappa shape index (κ1) is 18.6. The van der Waals surface area contributed by atoms with Crippen molar-refractivity contribution in [1.29, 1.82) is 0 Å². The van der Waals surface area contributed by atoms with Crippen LogP contribution >= 0.6 is 11.8 Å². The fraction of sp³-hybridized carbons (Fsp3) is 0.938. The highest BCUT2D eigenvalue weighted by atomic mass is 32.2. The lowest BCUT2D eigenvalue weighted by atomic mass is 9.95. The van der Waals surface area contributed by atoms with Gasteiger partial charge in [0, 0.05) is 12.1 Å². The van der Waals surface area contributed by atoms with Crippen LogP contribution in [0.15, 0.2) is 0 Å². The number of nitrogens with one attached hydrogen (secondary N) is 2. The predicted octanol–water partition coefficient (Wildman–Crippen LogP) is 3.41. The smallest absolute Gasteiger partial charge is 0.407 e. The zero-order valence-electron chi connectivity index (χ0n) is 14.3. The summed E-state index contributed by atoms with van der Waals surface area (Å²) in [6.45, 7) is 9.53. The summed E-state index contributed by atoms with van der Waals surface area (Å²) in [7, 11) is 0. The van der Waals surface area contributed by atoms with Crippen molar-refractivity contribution in [2.45, 2.75) is 64.5 Å². The van der Waals surface area contributed by atoms with Crippen molar-refractivity contribution in [3.63, 3.8) is 0 Å². The molecular weight excluding hydrogens is 284 g/mol. The molecule has 1 fully saturated rings. The molecule has 124 valence electrons. The van der Waals surface area contributed by atoms with E-state index in [9.17, 15) is 4.79 Å². The number of carbonyl (C=O) groups excluding carboxylic acids is 1. The molecule has 0 aromatic heterocycles. The monoisotopic (exact) mass is 316 g/mol. The Morgan fingerprint density at radius 3 is 2.43 bits per heavy atom. The molecule has 1 aliphatic rings. The first-order valence-electron chi connectivity index (χ1n) is 7.98. The van der Waals surface area contributed by atoms with Crippen LogP contribution in [0.4, 0.5) is 4.79 Å². The van der Waals surface area contributed by atoms with Crippen molar-refractivity contribution >= 4 is 17.9 Å². The van der Waals surface area contributed by atoms with Crippen LogP contribution < -0.4 is 10.6 Å². The average molecular weight is 317 g/mol. The first-order valence-corrected chi connectivity index (χ1v) is 9.37. The van der Waals surface area contributed by atoms with Gasteiger partial charge in [0.2, 0.25) is 0 Å². The van der Waals surface area contributed by atoms with E-state index in [1.807, 2.05) is 32.5 Å². The van der Waals surface area contributed by atoms with Crippen molar-refractivity contribution in [2.75, 3.05) is 25.1 Å². The molecule has 1 amide bonds. The Morgan fingerprint density at radius 2 is 1.90 bits per heavy atom. The Hall–Kier alpha value is -0.420. The third-order valence-electron chi connectivity index (χ3n) is 3.78. The van der Waals surface area contributed by atoms with Crippen molar-refractivity contribution < 1.29 is 9.53 Å². The molecule has 5 heteroatoms. The fourth-order valence-corrected chi connectivity index (χ4v) is 2.88. The lowest BCUT2D eigenvalue weighted by molar-refractivity contribution is 0.0508. The molecule has 1 unspecified atom stereocenters. The normalized spacial score (nSPS) is 18.1. The number of thioether (sulfide) groups is 1. The van der Waals surface area contributed by atoms with Crippen LogP contribution in [0.5, 0.6) is 0 Å². The number of hydrogen-bond acceptors (Lipinski definition) is 4. The third kappa shape index (κ3) is 7.96. The summed E-state index contributed by atoms with van der Waals surface area (Å²) in [5.41, 5.74) is -0.443. The highest BCUT2D eigenvalue weighted by molar-refractivity contribution is 7.98. The molecule has 0 saturated heterocycles. The number of ether oxygens (including phenoxy) is 1. The van der Waals surface area contributed by atoms with Crippen molar-refractivity contribution in [1.82, 2.24) is 10.6 Å². The molecule has 4 nitrogen and oxygen atoms in total. The molecule has 2 N–H and O–H groups in total.